The Morgan fingerprint density at radius 2 is 2.11 bits per heavy atom. The minimum absolute atomic E-state index is 0.0248. The molecular weight excluding hydrogens is 246 g/mol. The Balaban J connectivity index is 2.10. The number of nitrogens with two attached hydrogens (primary N) is 1. The predicted molar refractivity (Wildman–Crippen MR) is 73.4 cm³/mol. The van der Waals surface area contributed by atoms with Gasteiger partial charge in [0.15, 0.2) is 0 Å². The highest BCUT2D eigenvalue weighted by atomic mass is 32.1. The third kappa shape index (κ3) is 2.87. The van der Waals surface area contributed by atoms with Crippen LogP contribution in [-0.2, 0) is 6.54 Å². The maximum absolute atomic E-state index is 12.2. The third-order valence-corrected chi connectivity index (χ3v) is 3.43. The van der Waals surface area contributed by atoms with Crippen LogP contribution in [0.25, 0.3) is 0 Å². The Hall–Kier alpha value is -1.88. The largest absolute Gasteiger partial charge is 0.399 e. The van der Waals surface area contributed by atoms with E-state index in [1.54, 1.807) is 16.6 Å². The van der Waals surface area contributed by atoms with Crippen LogP contribution in [0.3, 0.4) is 0 Å². The van der Waals surface area contributed by atoms with Crippen LogP contribution in [0, 0.1) is 0 Å². The van der Waals surface area contributed by atoms with E-state index in [2.05, 4.69) is 4.98 Å². The summed E-state index contributed by atoms with van der Waals surface area (Å²) in [4.78, 5) is 18.6. The Morgan fingerprint density at radius 1 is 1.39 bits per heavy atom. The topological polar surface area (TPSA) is 59.2 Å². The molecule has 4 nitrogen and oxygen atoms in total. The fraction of sp³-hybridized carbons (Fsp3) is 0.231. The quantitative estimate of drug-likeness (QED) is 0.860. The number of amides is 1. The van der Waals surface area contributed by atoms with Crippen molar-refractivity contribution in [3.63, 3.8) is 0 Å². The molecule has 0 saturated carbocycles. The lowest BCUT2D eigenvalue weighted by molar-refractivity contribution is 0.0757. The fourth-order valence-corrected chi connectivity index (χ4v) is 2.23. The second-order valence-corrected chi connectivity index (χ2v) is 4.81. The van der Waals surface area contributed by atoms with Crippen LogP contribution in [0.4, 0.5) is 5.69 Å². The number of anilines is 1. The Bertz CT molecular complexity index is 508. The minimum atomic E-state index is 0.0248. The second kappa shape index (κ2) is 5.64. The molecule has 0 fully saturated rings. The van der Waals surface area contributed by atoms with E-state index < -0.39 is 0 Å². The lowest BCUT2D eigenvalue weighted by Crippen LogP contribution is -2.29. The third-order valence-electron chi connectivity index (χ3n) is 2.67. The van der Waals surface area contributed by atoms with E-state index in [-0.39, 0.29) is 5.91 Å². The van der Waals surface area contributed by atoms with Gasteiger partial charge in [-0.2, -0.15) is 0 Å². The van der Waals surface area contributed by atoms with E-state index in [0.29, 0.717) is 18.0 Å². The van der Waals surface area contributed by atoms with Crippen molar-refractivity contribution in [2.45, 2.75) is 13.5 Å². The number of hydrogen-bond acceptors (Lipinski definition) is 4. The molecule has 94 valence electrons. The number of thiazole rings is 1. The van der Waals surface area contributed by atoms with Gasteiger partial charge >= 0.3 is 0 Å². The van der Waals surface area contributed by atoms with Gasteiger partial charge in [-0.1, -0.05) is 12.1 Å². The zero-order chi connectivity index (χ0) is 13.0. The number of nitrogen functional groups attached to an aromatic ring is 1. The molecule has 1 aromatic heterocycles. The van der Waals surface area contributed by atoms with Gasteiger partial charge in [0.2, 0.25) is 0 Å². The van der Waals surface area contributed by atoms with Crippen LogP contribution in [0.5, 0.6) is 0 Å². The highest BCUT2D eigenvalue weighted by Gasteiger charge is 2.15. The maximum Gasteiger partial charge on any atom is 0.265 e. The van der Waals surface area contributed by atoms with E-state index in [9.17, 15) is 4.79 Å². The molecule has 0 saturated heterocycles. The van der Waals surface area contributed by atoms with Crippen LogP contribution in [0.2, 0.25) is 0 Å². The summed E-state index contributed by atoms with van der Waals surface area (Å²) >= 11 is 1.37. The molecule has 0 aliphatic heterocycles. The molecule has 0 unspecified atom stereocenters. The van der Waals surface area contributed by atoms with Crippen molar-refractivity contribution in [1.82, 2.24) is 9.88 Å². The number of carbonyl (C=O) groups is 1. The van der Waals surface area contributed by atoms with E-state index in [0.717, 1.165) is 11.3 Å². The Kier molecular flexibility index (Phi) is 3.94. The van der Waals surface area contributed by atoms with E-state index in [1.165, 1.54) is 11.3 Å². The molecule has 5 heteroatoms. The van der Waals surface area contributed by atoms with Gasteiger partial charge in [-0.3, -0.25) is 9.78 Å². The zero-order valence-electron chi connectivity index (χ0n) is 10.2. The van der Waals surface area contributed by atoms with E-state index >= 15 is 0 Å². The summed E-state index contributed by atoms with van der Waals surface area (Å²) in [5, 5.41) is 0. The molecule has 18 heavy (non-hydrogen) atoms. The van der Waals surface area contributed by atoms with Crippen LogP contribution in [0.15, 0.2) is 36.0 Å². The molecule has 2 rings (SSSR count). The number of rotatable bonds is 4. The molecular formula is C13H15N3OS. The standard InChI is InChI=1S/C13H15N3OS/c1-2-16(13(17)12-7-15-9-18-12)8-10-3-5-11(14)6-4-10/h3-7,9H,2,8,14H2,1H3. The summed E-state index contributed by atoms with van der Waals surface area (Å²) in [5.41, 5.74) is 9.12. The van der Waals surface area contributed by atoms with Gasteiger partial charge in [0, 0.05) is 18.8 Å². The molecule has 1 aromatic carbocycles. The van der Waals surface area contributed by atoms with Crippen molar-refractivity contribution < 1.29 is 4.79 Å². The fourth-order valence-electron chi connectivity index (χ4n) is 1.65. The summed E-state index contributed by atoms with van der Waals surface area (Å²) in [6.07, 6.45) is 1.61. The maximum atomic E-state index is 12.2. The monoisotopic (exact) mass is 261 g/mol. The van der Waals surface area contributed by atoms with Crippen molar-refractivity contribution in [1.29, 1.82) is 0 Å². The molecule has 0 radical (unpaired) electrons. The molecule has 0 aliphatic carbocycles. The van der Waals surface area contributed by atoms with Crippen molar-refractivity contribution in [2.75, 3.05) is 12.3 Å². The Morgan fingerprint density at radius 3 is 2.67 bits per heavy atom. The predicted octanol–water partition coefficient (Wildman–Crippen LogP) is 2.39. The first-order chi connectivity index (χ1) is 8.70. The SMILES string of the molecule is CCN(Cc1ccc(N)cc1)C(=O)c1cncs1. The number of hydrogen-bond donors (Lipinski definition) is 1. The summed E-state index contributed by atoms with van der Waals surface area (Å²) in [6.45, 7) is 3.23. The van der Waals surface area contributed by atoms with Crippen molar-refractivity contribution in [3.05, 3.63) is 46.4 Å². The number of nitrogens with zero attached hydrogens (tertiary/aromatic N) is 2. The van der Waals surface area contributed by atoms with Crippen molar-refractivity contribution in [2.24, 2.45) is 0 Å². The van der Waals surface area contributed by atoms with Gasteiger partial charge in [-0.05, 0) is 24.6 Å². The van der Waals surface area contributed by atoms with Crippen LogP contribution < -0.4 is 5.73 Å². The molecule has 1 heterocycles. The number of carbonyl (C=O) groups excluding carboxylic acids is 1. The summed E-state index contributed by atoms with van der Waals surface area (Å²) in [5.74, 6) is 0.0248. The summed E-state index contributed by atoms with van der Waals surface area (Å²) in [7, 11) is 0. The zero-order valence-corrected chi connectivity index (χ0v) is 11.0. The van der Waals surface area contributed by atoms with Crippen LogP contribution >= 0.6 is 11.3 Å². The lowest BCUT2D eigenvalue weighted by atomic mass is 10.2. The van der Waals surface area contributed by atoms with Gasteiger partial charge in [0.05, 0.1) is 11.7 Å². The number of benzene rings is 1. The smallest absolute Gasteiger partial charge is 0.265 e. The Labute approximate surface area is 110 Å². The summed E-state index contributed by atoms with van der Waals surface area (Å²) < 4.78 is 0. The average molecular weight is 261 g/mol. The van der Waals surface area contributed by atoms with Crippen molar-refractivity contribution in [3.8, 4) is 0 Å². The lowest BCUT2D eigenvalue weighted by Gasteiger charge is -2.20. The van der Waals surface area contributed by atoms with Crippen molar-refractivity contribution >= 4 is 22.9 Å². The molecule has 0 spiro atoms. The summed E-state index contributed by atoms with van der Waals surface area (Å²) in [6, 6.07) is 7.58. The first kappa shape index (κ1) is 12.6. The van der Waals surface area contributed by atoms with Gasteiger partial charge in [-0.25, -0.2) is 0 Å². The average Bonchev–Trinajstić information content (AvgIpc) is 2.91. The molecule has 1 amide bonds. The molecule has 2 aromatic rings. The van der Waals surface area contributed by atoms with Crippen LogP contribution in [-0.4, -0.2) is 22.3 Å². The minimum Gasteiger partial charge on any atom is -0.399 e. The molecule has 2 N–H and O–H groups in total. The van der Waals surface area contributed by atoms with E-state index in [1.807, 2.05) is 31.2 Å². The van der Waals surface area contributed by atoms with Gasteiger partial charge in [0.25, 0.3) is 5.91 Å². The first-order valence-corrected chi connectivity index (χ1v) is 6.61. The highest BCUT2D eigenvalue weighted by molar-refractivity contribution is 7.11. The van der Waals surface area contributed by atoms with Crippen LogP contribution in [0.1, 0.15) is 22.2 Å². The molecule has 0 atom stereocenters. The number of aromatic nitrogens is 1. The normalized spacial score (nSPS) is 10.3. The first-order valence-electron chi connectivity index (χ1n) is 5.73. The van der Waals surface area contributed by atoms with Gasteiger partial charge in [-0.15, -0.1) is 11.3 Å². The van der Waals surface area contributed by atoms with Gasteiger partial charge < -0.3 is 10.6 Å². The molecule has 0 aliphatic rings. The highest BCUT2D eigenvalue weighted by Crippen LogP contribution is 2.13. The molecule has 0 bridgehead atoms. The van der Waals surface area contributed by atoms with E-state index in [4.69, 9.17) is 5.73 Å². The second-order valence-electron chi connectivity index (χ2n) is 3.93. The van der Waals surface area contributed by atoms with Gasteiger partial charge in [0.1, 0.15) is 4.88 Å².